The Morgan fingerprint density at radius 2 is 2.19 bits per heavy atom. The molecule has 0 atom stereocenters. The SMILES string of the molecule is COCC1=CCN(S(=O)(=O)c2ccc(C#N)cc2C)CC1. The molecular formula is C15H18N2O3S. The van der Waals surface area contributed by atoms with Gasteiger partial charge in [0.25, 0.3) is 0 Å². The van der Waals surface area contributed by atoms with Crippen molar-refractivity contribution in [2.45, 2.75) is 18.2 Å². The zero-order valence-corrected chi connectivity index (χ0v) is 13.0. The second kappa shape index (κ2) is 6.39. The third kappa shape index (κ3) is 3.32. The first-order chi connectivity index (χ1) is 9.98. The normalized spacial score (nSPS) is 16.3. The van der Waals surface area contributed by atoms with E-state index < -0.39 is 10.0 Å². The lowest BCUT2D eigenvalue weighted by molar-refractivity contribution is 0.219. The van der Waals surface area contributed by atoms with Crippen LogP contribution in [0.3, 0.4) is 0 Å². The van der Waals surface area contributed by atoms with Gasteiger partial charge in [0.05, 0.1) is 23.1 Å². The lowest BCUT2D eigenvalue weighted by Gasteiger charge is -2.26. The van der Waals surface area contributed by atoms with Crippen molar-refractivity contribution in [1.29, 1.82) is 5.26 Å². The summed E-state index contributed by atoms with van der Waals surface area (Å²) in [7, 11) is -1.89. The average Bonchev–Trinajstić information content (AvgIpc) is 2.47. The molecule has 5 nitrogen and oxygen atoms in total. The molecule has 0 radical (unpaired) electrons. The largest absolute Gasteiger partial charge is 0.380 e. The lowest BCUT2D eigenvalue weighted by atomic mass is 10.1. The Bertz CT molecular complexity index is 702. The van der Waals surface area contributed by atoms with Gasteiger partial charge in [0, 0.05) is 20.2 Å². The standard InChI is InChI=1S/C15H18N2O3S/c1-12-9-14(10-16)3-4-15(12)21(18,19)17-7-5-13(6-8-17)11-20-2/h3-5,9H,6-8,11H2,1-2H3. The molecule has 0 N–H and O–H groups in total. The first-order valence-corrected chi connectivity index (χ1v) is 8.11. The van der Waals surface area contributed by atoms with Crippen molar-refractivity contribution in [1.82, 2.24) is 4.31 Å². The number of hydrogen-bond donors (Lipinski definition) is 0. The van der Waals surface area contributed by atoms with Crippen molar-refractivity contribution in [3.05, 3.63) is 41.0 Å². The molecule has 0 spiro atoms. The van der Waals surface area contributed by atoms with Gasteiger partial charge in [0.2, 0.25) is 10.0 Å². The lowest BCUT2D eigenvalue weighted by Crippen LogP contribution is -2.35. The highest BCUT2D eigenvalue weighted by atomic mass is 32.2. The van der Waals surface area contributed by atoms with Crippen molar-refractivity contribution in [3.63, 3.8) is 0 Å². The summed E-state index contributed by atoms with van der Waals surface area (Å²) in [5.74, 6) is 0. The fourth-order valence-electron chi connectivity index (χ4n) is 2.37. The second-order valence-electron chi connectivity index (χ2n) is 5.00. The highest BCUT2D eigenvalue weighted by Gasteiger charge is 2.27. The molecule has 21 heavy (non-hydrogen) atoms. The van der Waals surface area contributed by atoms with Crippen molar-refractivity contribution >= 4 is 10.0 Å². The number of nitriles is 1. The third-order valence-corrected chi connectivity index (χ3v) is 5.54. The smallest absolute Gasteiger partial charge is 0.243 e. The highest BCUT2D eigenvalue weighted by Crippen LogP contribution is 2.23. The molecule has 0 saturated carbocycles. The van der Waals surface area contributed by atoms with Crippen LogP contribution in [0.15, 0.2) is 34.7 Å². The molecule has 0 bridgehead atoms. The van der Waals surface area contributed by atoms with Crippen LogP contribution in [-0.4, -0.2) is 39.5 Å². The van der Waals surface area contributed by atoms with Crippen molar-refractivity contribution in [2.24, 2.45) is 0 Å². The Morgan fingerprint density at radius 3 is 2.71 bits per heavy atom. The number of sulfonamides is 1. The van der Waals surface area contributed by atoms with Gasteiger partial charge in [0.1, 0.15) is 0 Å². The number of hydrogen-bond acceptors (Lipinski definition) is 4. The molecule has 1 aromatic carbocycles. The number of nitrogens with zero attached hydrogens (tertiary/aromatic N) is 2. The van der Waals surface area contributed by atoms with E-state index >= 15 is 0 Å². The summed E-state index contributed by atoms with van der Waals surface area (Å²) in [6, 6.07) is 6.66. The second-order valence-corrected chi connectivity index (χ2v) is 6.91. The molecule has 0 aliphatic carbocycles. The van der Waals surface area contributed by atoms with Gasteiger partial charge in [-0.15, -0.1) is 0 Å². The monoisotopic (exact) mass is 306 g/mol. The zero-order chi connectivity index (χ0) is 15.5. The van der Waals surface area contributed by atoms with Crippen molar-refractivity contribution in [3.8, 4) is 6.07 Å². The van der Waals surface area contributed by atoms with Crippen molar-refractivity contribution < 1.29 is 13.2 Å². The van der Waals surface area contributed by atoms with Crippen LogP contribution in [0.5, 0.6) is 0 Å². The van der Waals surface area contributed by atoms with Gasteiger partial charge in [-0.25, -0.2) is 8.42 Å². The van der Waals surface area contributed by atoms with E-state index in [2.05, 4.69) is 0 Å². The molecule has 112 valence electrons. The van der Waals surface area contributed by atoms with Crippen LogP contribution < -0.4 is 0 Å². The number of rotatable bonds is 4. The van der Waals surface area contributed by atoms with Gasteiger partial charge in [-0.05, 0) is 42.7 Å². The number of aryl methyl sites for hydroxylation is 1. The fraction of sp³-hybridized carbons (Fsp3) is 0.400. The maximum Gasteiger partial charge on any atom is 0.243 e. The minimum Gasteiger partial charge on any atom is -0.380 e. The van der Waals surface area contributed by atoms with Crippen molar-refractivity contribution in [2.75, 3.05) is 26.8 Å². The quantitative estimate of drug-likeness (QED) is 0.796. The van der Waals surface area contributed by atoms with E-state index in [0.717, 1.165) is 5.57 Å². The summed E-state index contributed by atoms with van der Waals surface area (Å²) in [5, 5.41) is 8.85. The van der Waals surface area contributed by atoms with Crippen LogP contribution in [-0.2, 0) is 14.8 Å². The molecule has 0 aromatic heterocycles. The van der Waals surface area contributed by atoms with Gasteiger partial charge in [-0.2, -0.15) is 9.57 Å². The predicted molar refractivity (Wildman–Crippen MR) is 79.2 cm³/mol. The van der Waals surface area contributed by atoms with Gasteiger partial charge < -0.3 is 4.74 Å². The van der Waals surface area contributed by atoms with E-state index in [9.17, 15) is 8.42 Å². The average molecular weight is 306 g/mol. The fourth-order valence-corrected chi connectivity index (χ4v) is 3.96. The van der Waals surface area contributed by atoms with E-state index in [1.54, 1.807) is 20.1 Å². The van der Waals surface area contributed by atoms with Crippen LogP contribution in [0.2, 0.25) is 0 Å². The van der Waals surface area contributed by atoms with E-state index in [1.165, 1.54) is 16.4 Å². The number of benzene rings is 1. The minimum atomic E-state index is -3.52. The van der Waals surface area contributed by atoms with Crippen LogP contribution in [0, 0.1) is 18.3 Å². The van der Waals surface area contributed by atoms with Crippen LogP contribution >= 0.6 is 0 Å². The van der Waals surface area contributed by atoms with E-state index in [1.807, 2.05) is 12.1 Å². The van der Waals surface area contributed by atoms with Gasteiger partial charge >= 0.3 is 0 Å². The van der Waals surface area contributed by atoms with E-state index in [0.29, 0.717) is 37.2 Å². The summed E-state index contributed by atoms with van der Waals surface area (Å²) >= 11 is 0. The Labute approximate surface area is 125 Å². The Morgan fingerprint density at radius 1 is 1.43 bits per heavy atom. The Hall–Kier alpha value is -1.68. The number of ether oxygens (including phenoxy) is 1. The summed E-state index contributed by atoms with van der Waals surface area (Å²) in [6.07, 6.45) is 2.59. The van der Waals surface area contributed by atoms with Gasteiger partial charge in [-0.1, -0.05) is 6.08 Å². The summed E-state index contributed by atoms with van der Waals surface area (Å²) in [5.41, 5.74) is 2.19. The molecule has 0 fully saturated rings. The molecule has 1 heterocycles. The molecule has 1 aliphatic heterocycles. The van der Waals surface area contributed by atoms with Crippen LogP contribution in [0.4, 0.5) is 0 Å². The first kappa shape index (κ1) is 15.7. The highest BCUT2D eigenvalue weighted by molar-refractivity contribution is 7.89. The molecule has 1 aromatic rings. The zero-order valence-electron chi connectivity index (χ0n) is 12.2. The first-order valence-electron chi connectivity index (χ1n) is 6.67. The van der Waals surface area contributed by atoms with E-state index in [-0.39, 0.29) is 4.90 Å². The molecule has 1 aliphatic rings. The van der Waals surface area contributed by atoms with Crippen LogP contribution in [0.1, 0.15) is 17.5 Å². The summed E-state index contributed by atoms with van der Waals surface area (Å²) < 4.78 is 31.8. The molecule has 0 amide bonds. The summed E-state index contributed by atoms with van der Waals surface area (Å²) in [4.78, 5) is 0.269. The van der Waals surface area contributed by atoms with E-state index in [4.69, 9.17) is 10.00 Å². The maximum atomic E-state index is 12.7. The number of methoxy groups -OCH3 is 1. The molecule has 2 rings (SSSR count). The molecule has 0 unspecified atom stereocenters. The van der Waals surface area contributed by atoms with Gasteiger partial charge in [0.15, 0.2) is 0 Å². The molecular weight excluding hydrogens is 288 g/mol. The Kier molecular flexibility index (Phi) is 4.78. The molecule has 0 saturated heterocycles. The third-order valence-electron chi connectivity index (χ3n) is 3.52. The predicted octanol–water partition coefficient (Wildman–Crippen LogP) is 1.83. The van der Waals surface area contributed by atoms with Gasteiger partial charge in [-0.3, -0.25) is 0 Å². The maximum absolute atomic E-state index is 12.7. The minimum absolute atomic E-state index is 0.269. The van der Waals surface area contributed by atoms with Crippen LogP contribution in [0.25, 0.3) is 0 Å². The topological polar surface area (TPSA) is 70.4 Å². The molecule has 6 heteroatoms. The summed E-state index contributed by atoms with van der Waals surface area (Å²) in [6.45, 7) is 3.07. The Balaban J connectivity index is 2.26.